The average molecular weight is 254 g/mol. The highest BCUT2D eigenvalue weighted by molar-refractivity contribution is 5.79. The Kier molecular flexibility index (Phi) is 4.28. The van der Waals surface area contributed by atoms with Crippen molar-refractivity contribution in [3.05, 3.63) is 0 Å². The van der Waals surface area contributed by atoms with Gasteiger partial charge >= 0.3 is 5.97 Å². The first kappa shape index (κ1) is 13.8. The first-order valence-corrected chi connectivity index (χ1v) is 7.19. The maximum absolute atomic E-state index is 11.5. The average Bonchev–Trinajstić information content (AvgIpc) is 3.04. The van der Waals surface area contributed by atoms with Gasteiger partial charge in [0, 0.05) is 6.54 Å². The number of carbonyl (C=O) groups is 1. The van der Waals surface area contributed by atoms with Crippen LogP contribution in [0.4, 0.5) is 0 Å². The molecule has 104 valence electrons. The van der Waals surface area contributed by atoms with E-state index < -0.39 is 11.5 Å². The molecule has 0 bridgehead atoms. The van der Waals surface area contributed by atoms with Gasteiger partial charge in [0.05, 0.1) is 0 Å². The molecule has 2 aliphatic rings. The van der Waals surface area contributed by atoms with Crippen LogP contribution in [-0.2, 0) is 4.79 Å². The van der Waals surface area contributed by atoms with Crippen LogP contribution >= 0.6 is 0 Å². The van der Waals surface area contributed by atoms with Gasteiger partial charge in [0.25, 0.3) is 0 Å². The molecule has 2 N–H and O–H groups in total. The molecule has 0 heterocycles. The van der Waals surface area contributed by atoms with E-state index in [4.69, 9.17) is 0 Å². The summed E-state index contributed by atoms with van der Waals surface area (Å²) >= 11 is 0. The SMILES string of the molecule is CNC1(C(=O)O)CCCC1CCN(C)CC1CC1. The zero-order valence-corrected chi connectivity index (χ0v) is 11.6. The zero-order chi connectivity index (χ0) is 13.2. The van der Waals surface area contributed by atoms with Gasteiger partial charge < -0.3 is 15.3 Å². The van der Waals surface area contributed by atoms with Crippen molar-refractivity contribution in [1.29, 1.82) is 0 Å². The van der Waals surface area contributed by atoms with E-state index in [0.717, 1.165) is 38.1 Å². The number of rotatable bonds is 7. The number of likely N-dealkylation sites (N-methyl/N-ethyl adjacent to an activating group) is 1. The normalized spacial score (nSPS) is 32.1. The van der Waals surface area contributed by atoms with E-state index in [2.05, 4.69) is 17.3 Å². The molecule has 0 radical (unpaired) electrons. The van der Waals surface area contributed by atoms with Crippen molar-refractivity contribution in [3.8, 4) is 0 Å². The van der Waals surface area contributed by atoms with Crippen molar-refractivity contribution < 1.29 is 9.90 Å². The monoisotopic (exact) mass is 254 g/mol. The van der Waals surface area contributed by atoms with Gasteiger partial charge in [-0.15, -0.1) is 0 Å². The molecule has 0 aliphatic heterocycles. The lowest BCUT2D eigenvalue weighted by molar-refractivity contribution is -0.146. The van der Waals surface area contributed by atoms with Crippen LogP contribution in [0.2, 0.25) is 0 Å². The van der Waals surface area contributed by atoms with E-state index in [0.29, 0.717) is 0 Å². The van der Waals surface area contributed by atoms with Gasteiger partial charge in [-0.3, -0.25) is 4.79 Å². The molecule has 2 unspecified atom stereocenters. The largest absolute Gasteiger partial charge is 0.480 e. The number of carboxylic acids is 1. The molecule has 2 atom stereocenters. The Balaban J connectivity index is 1.84. The Labute approximate surface area is 110 Å². The predicted octanol–water partition coefficient (Wildman–Crippen LogP) is 1.56. The Morgan fingerprint density at radius 2 is 2.17 bits per heavy atom. The van der Waals surface area contributed by atoms with E-state index in [1.807, 2.05) is 0 Å². The molecule has 18 heavy (non-hydrogen) atoms. The summed E-state index contributed by atoms with van der Waals surface area (Å²) in [5, 5.41) is 12.6. The van der Waals surface area contributed by atoms with Crippen molar-refractivity contribution in [2.75, 3.05) is 27.2 Å². The van der Waals surface area contributed by atoms with E-state index >= 15 is 0 Å². The van der Waals surface area contributed by atoms with Crippen LogP contribution in [0.15, 0.2) is 0 Å². The van der Waals surface area contributed by atoms with Gasteiger partial charge in [-0.2, -0.15) is 0 Å². The zero-order valence-electron chi connectivity index (χ0n) is 11.6. The van der Waals surface area contributed by atoms with Crippen LogP contribution in [0.5, 0.6) is 0 Å². The maximum Gasteiger partial charge on any atom is 0.324 e. The van der Waals surface area contributed by atoms with E-state index in [-0.39, 0.29) is 5.92 Å². The lowest BCUT2D eigenvalue weighted by Gasteiger charge is -2.32. The minimum absolute atomic E-state index is 0.279. The third-order valence-corrected chi connectivity index (χ3v) is 4.77. The highest BCUT2D eigenvalue weighted by Crippen LogP contribution is 2.38. The molecule has 4 nitrogen and oxygen atoms in total. The number of hydrogen-bond acceptors (Lipinski definition) is 3. The molecule has 2 saturated carbocycles. The van der Waals surface area contributed by atoms with Crippen molar-refractivity contribution in [2.45, 2.75) is 44.1 Å². The Morgan fingerprint density at radius 1 is 1.44 bits per heavy atom. The summed E-state index contributed by atoms with van der Waals surface area (Å²) in [7, 11) is 3.95. The summed E-state index contributed by atoms with van der Waals surface area (Å²) in [6.07, 6.45) is 6.60. The summed E-state index contributed by atoms with van der Waals surface area (Å²) in [6.45, 7) is 2.21. The van der Waals surface area contributed by atoms with E-state index in [1.54, 1.807) is 7.05 Å². The van der Waals surface area contributed by atoms with Gasteiger partial charge in [-0.05, 0) is 64.6 Å². The van der Waals surface area contributed by atoms with Gasteiger partial charge in [-0.25, -0.2) is 0 Å². The number of hydrogen-bond donors (Lipinski definition) is 2. The van der Waals surface area contributed by atoms with Crippen LogP contribution in [0.1, 0.15) is 38.5 Å². The molecule has 0 saturated heterocycles. The molecule has 4 heteroatoms. The predicted molar refractivity (Wildman–Crippen MR) is 71.6 cm³/mol. The van der Waals surface area contributed by atoms with E-state index in [1.165, 1.54) is 19.4 Å². The fourth-order valence-corrected chi connectivity index (χ4v) is 3.39. The summed E-state index contributed by atoms with van der Waals surface area (Å²) in [4.78, 5) is 13.9. The number of nitrogens with zero attached hydrogens (tertiary/aromatic N) is 1. The van der Waals surface area contributed by atoms with Crippen LogP contribution in [0.3, 0.4) is 0 Å². The summed E-state index contributed by atoms with van der Waals surface area (Å²) in [5.41, 5.74) is -0.666. The minimum atomic E-state index is -0.669. The smallest absolute Gasteiger partial charge is 0.324 e. The van der Waals surface area contributed by atoms with Crippen LogP contribution in [0, 0.1) is 11.8 Å². The van der Waals surface area contributed by atoms with Gasteiger partial charge in [-0.1, -0.05) is 6.42 Å². The lowest BCUT2D eigenvalue weighted by Crippen LogP contribution is -2.53. The number of nitrogens with one attached hydrogen (secondary N) is 1. The third kappa shape index (κ3) is 2.86. The van der Waals surface area contributed by atoms with E-state index in [9.17, 15) is 9.90 Å². The van der Waals surface area contributed by atoms with Gasteiger partial charge in [0.15, 0.2) is 0 Å². The Morgan fingerprint density at radius 3 is 2.72 bits per heavy atom. The van der Waals surface area contributed by atoms with Crippen molar-refractivity contribution in [2.24, 2.45) is 11.8 Å². The first-order chi connectivity index (χ1) is 8.58. The highest BCUT2D eigenvalue weighted by atomic mass is 16.4. The minimum Gasteiger partial charge on any atom is -0.480 e. The van der Waals surface area contributed by atoms with Crippen LogP contribution in [0.25, 0.3) is 0 Å². The lowest BCUT2D eigenvalue weighted by atomic mass is 9.84. The molecule has 0 aromatic rings. The number of aliphatic carboxylic acids is 1. The van der Waals surface area contributed by atoms with Gasteiger partial charge in [0.1, 0.15) is 5.54 Å². The second kappa shape index (κ2) is 5.57. The molecule has 0 amide bonds. The topological polar surface area (TPSA) is 52.6 Å². The Bertz CT molecular complexity index is 304. The second-order valence-electron chi connectivity index (χ2n) is 6.11. The third-order valence-electron chi connectivity index (χ3n) is 4.77. The summed E-state index contributed by atoms with van der Waals surface area (Å²) < 4.78 is 0. The van der Waals surface area contributed by atoms with Crippen molar-refractivity contribution in [3.63, 3.8) is 0 Å². The summed E-state index contributed by atoms with van der Waals surface area (Å²) in [6, 6.07) is 0. The molecule has 2 rings (SSSR count). The fourth-order valence-electron chi connectivity index (χ4n) is 3.39. The standard InChI is InChI=1S/C14H26N2O2/c1-15-14(13(17)18)8-3-4-12(14)7-9-16(2)10-11-5-6-11/h11-12,15H,3-10H2,1-2H3,(H,17,18). The van der Waals surface area contributed by atoms with Crippen LogP contribution < -0.4 is 5.32 Å². The second-order valence-corrected chi connectivity index (χ2v) is 6.11. The molecule has 0 aromatic carbocycles. The van der Waals surface area contributed by atoms with Crippen LogP contribution in [-0.4, -0.2) is 48.7 Å². The Hall–Kier alpha value is -0.610. The molecule has 0 spiro atoms. The highest BCUT2D eigenvalue weighted by Gasteiger charge is 2.47. The molecule has 2 aliphatic carbocycles. The van der Waals surface area contributed by atoms with Crippen molar-refractivity contribution >= 4 is 5.97 Å². The molecular formula is C14H26N2O2. The molecule has 2 fully saturated rings. The maximum atomic E-state index is 11.5. The number of carboxylic acid groups (broad SMARTS) is 1. The van der Waals surface area contributed by atoms with Crippen molar-refractivity contribution in [1.82, 2.24) is 10.2 Å². The summed E-state index contributed by atoms with van der Waals surface area (Å²) in [5.74, 6) is 0.520. The molecule has 0 aromatic heterocycles. The first-order valence-electron chi connectivity index (χ1n) is 7.19. The fraction of sp³-hybridized carbons (Fsp3) is 0.929. The quantitative estimate of drug-likeness (QED) is 0.724. The molecular weight excluding hydrogens is 228 g/mol. The van der Waals surface area contributed by atoms with Gasteiger partial charge in [0.2, 0.25) is 0 Å².